The number of halogens is 4. The highest BCUT2D eigenvalue weighted by molar-refractivity contribution is 9.10. The highest BCUT2D eigenvalue weighted by Gasteiger charge is 2.15. The fraction of sp³-hybridized carbons (Fsp3) is 0. The molecule has 2 aromatic carbocycles. The van der Waals surface area contributed by atoms with Crippen molar-refractivity contribution in [3.05, 3.63) is 57.0 Å². The van der Waals surface area contributed by atoms with E-state index in [1.165, 1.54) is 24.3 Å². The Morgan fingerprint density at radius 1 is 1.25 bits per heavy atom. The lowest BCUT2D eigenvalue weighted by molar-refractivity contribution is 0.439. The van der Waals surface area contributed by atoms with Crippen LogP contribution in [0.4, 0.5) is 8.78 Å². The standard InChI is InChI=1S/C13H7BrClF2NOS/c14-11-7(13(18)20)2-4-10(12(11)17)19-6-1-3-9(16)8(15)5-6/h1-5H,(H2,18,20). The highest BCUT2D eigenvalue weighted by atomic mass is 79.9. The molecule has 0 aliphatic carbocycles. The van der Waals surface area contributed by atoms with E-state index < -0.39 is 11.6 Å². The van der Waals surface area contributed by atoms with Crippen molar-refractivity contribution in [3.63, 3.8) is 0 Å². The van der Waals surface area contributed by atoms with E-state index in [1.54, 1.807) is 0 Å². The van der Waals surface area contributed by atoms with Gasteiger partial charge in [0.25, 0.3) is 0 Å². The zero-order chi connectivity index (χ0) is 14.9. The molecule has 0 heterocycles. The van der Waals surface area contributed by atoms with Crippen LogP contribution in [0.2, 0.25) is 5.02 Å². The maximum absolute atomic E-state index is 14.1. The zero-order valence-corrected chi connectivity index (χ0v) is 13.0. The molecule has 0 aromatic heterocycles. The minimum atomic E-state index is -0.657. The summed E-state index contributed by atoms with van der Waals surface area (Å²) in [6.07, 6.45) is 0. The van der Waals surface area contributed by atoms with Crippen molar-refractivity contribution in [2.24, 2.45) is 5.73 Å². The Hall–Kier alpha value is -1.24. The second-order valence-electron chi connectivity index (χ2n) is 3.78. The van der Waals surface area contributed by atoms with Crippen LogP contribution < -0.4 is 10.5 Å². The van der Waals surface area contributed by atoms with Crippen molar-refractivity contribution >= 4 is 44.7 Å². The maximum Gasteiger partial charge on any atom is 0.180 e. The van der Waals surface area contributed by atoms with Crippen molar-refractivity contribution in [1.29, 1.82) is 0 Å². The van der Waals surface area contributed by atoms with Gasteiger partial charge in [0, 0.05) is 11.6 Å². The minimum absolute atomic E-state index is 0.0560. The second kappa shape index (κ2) is 6.03. The third kappa shape index (κ3) is 3.08. The largest absolute Gasteiger partial charge is 0.454 e. The average molecular weight is 379 g/mol. The van der Waals surface area contributed by atoms with E-state index in [2.05, 4.69) is 15.9 Å². The molecule has 0 unspecified atom stereocenters. The smallest absolute Gasteiger partial charge is 0.180 e. The van der Waals surface area contributed by atoms with Gasteiger partial charge < -0.3 is 10.5 Å². The predicted octanol–water partition coefficient (Wildman–Crippen LogP) is 4.81. The number of hydrogen-bond acceptors (Lipinski definition) is 2. The van der Waals surface area contributed by atoms with Crippen molar-refractivity contribution in [1.82, 2.24) is 0 Å². The Morgan fingerprint density at radius 3 is 2.55 bits per heavy atom. The molecule has 2 N–H and O–H groups in total. The summed E-state index contributed by atoms with van der Waals surface area (Å²) in [6, 6.07) is 6.64. The van der Waals surface area contributed by atoms with Crippen molar-refractivity contribution < 1.29 is 13.5 Å². The van der Waals surface area contributed by atoms with Crippen LogP contribution in [0.25, 0.3) is 0 Å². The zero-order valence-electron chi connectivity index (χ0n) is 9.79. The van der Waals surface area contributed by atoms with Crippen LogP contribution in [0.3, 0.4) is 0 Å². The third-order valence-corrected chi connectivity index (χ3v) is 3.72. The minimum Gasteiger partial charge on any atom is -0.454 e. The predicted molar refractivity (Wildman–Crippen MR) is 81.5 cm³/mol. The van der Waals surface area contributed by atoms with Gasteiger partial charge in [0.1, 0.15) is 16.6 Å². The summed E-state index contributed by atoms with van der Waals surface area (Å²) < 4.78 is 32.5. The van der Waals surface area contributed by atoms with Crippen LogP contribution in [-0.2, 0) is 0 Å². The van der Waals surface area contributed by atoms with Crippen molar-refractivity contribution in [3.8, 4) is 11.5 Å². The Balaban J connectivity index is 2.37. The number of thiocarbonyl (C=S) groups is 1. The molecule has 0 fully saturated rings. The van der Waals surface area contributed by atoms with Crippen LogP contribution in [0.5, 0.6) is 11.5 Å². The quantitative estimate of drug-likeness (QED) is 0.779. The SMILES string of the molecule is NC(=S)c1ccc(Oc2ccc(F)c(Cl)c2)c(F)c1Br. The lowest BCUT2D eigenvalue weighted by Crippen LogP contribution is -2.11. The molecular formula is C13H7BrClF2NOS. The molecule has 0 aliphatic rings. The van der Waals surface area contributed by atoms with Gasteiger partial charge in [0.05, 0.1) is 9.50 Å². The number of hydrogen-bond donors (Lipinski definition) is 1. The lowest BCUT2D eigenvalue weighted by Gasteiger charge is -2.10. The molecule has 2 aromatic rings. The first-order valence-electron chi connectivity index (χ1n) is 5.31. The van der Waals surface area contributed by atoms with E-state index in [-0.39, 0.29) is 26.0 Å². The first-order valence-corrected chi connectivity index (χ1v) is 6.88. The fourth-order valence-electron chi connectivity index (χ4n) is 1.47. The van der Waals surface area contributed by atoms with E-state index in [0.29, 0.717) is 5.56 Å². The van der Waals surface area contributed by atoms with E-state index in [1.807, 2.05) is 0 Å². The van der Waals surface area contributed by atoms with Gasteiger partial charge in [-0.1, -0.05) is 23.8 Å². The van der Waals surface area contributed by atoms with Gasteiger partial charge in [0.15, 0.2) is 11.6 Å². The van der Waals surface area contributed by atoms with Gasteiger partial charge in [-0.15, -0.1) is 0 Å². The summed E-state index contributed by atoms with van der Waals surface area (Å²) in [5, 5.41) is -0.110. The molecular weight excluding hydrogens is 372 g/mol. The third-order valence-electron chi connectivity index (χ3n) is 2.43. The maximum atomic E-state index is 14.1. The molecule has 0 atom stereocenters. The summed E-state index contributed by atoms with van der Waals surface area (Å²) in [5.41, 5.74) is 5.82. The van der Waals surface area contributed by atoms with Crippen molar-refractivity contribution in [2.45, 2.75) is 0 Å². The normalized spacial score (nSPS) is 10.4. The fourth-order valence-corrected chi connectivity index (χ4v) is 2.48. The molecule has 0 bridgehead atoms. The van der Waals surface area contributed by atoms with Crippen LogP contribution in [0.1, 0.15) is 5.56 Å². The van der Waals surface area contributed by atoms with Crippen LogP contribution in [-0.4, -0.2) is 4.99 Å². The van der Waals surface area contributed by atoms with Crippen LogP contribution >= 0.6 is 39.7 Å². The van der Waals surface area contributed by atoms with E-state index >= 15 is 0 Å². The van der Waals surface area contributed by atoms with Crippen LogP contribution in [0, 0.1) is 11.6 Å². The summed E-state index contributed by atoms with van der Waals surface area (Å²) in [7, 11) is 0. The number of ether oxygens (including phenoxy) is 1. The molecule has 7 heteroatoms. The van der Waals surface area contributed by atoms with Crippen LogP contribution in [0.15, 0.2) is 34.8 Å². The molecule has 20 heavy (non-hydrogen) atoms. The first kappa shape index (κ1) is 15.2. The van der Waals surface area contributed by atoms with E-state index in [9.17, 15) is 8.78 Å². The number of benzene rings is 2. The molecule has 0 spiro atoms. The highest BCUT2D eigenvalue weighted by Crippen LogP contribution is 2.32. The molecule has 0 saturated carbocycles. The lowest BCUT2D eigenvalue weighted by atomic mass is 10.2. The van der Waals surface area contributed by atoms with Crippen molar-refractivity contribution in [2.75, 3.05) is 0 Å². The Bertz CT molecular complexity index is 696. The first-order chi connectivity index (χ1) is 9.40. The van der Waals surface area contributed by atoms with E-state index in [0.717, 1.165) is 6.07 Å². The summed E-state index contributed by atoms with van der Waals surface area (Å²) in [5.74, 6) is -1.08. The van der Waals surface area contributed by atoms with Gasteiger partial charge in [-0.25, -0.2) is 8.78 Å². The van der Waals surface area contributed by atoms with Gasteiger partial charge in [-0.2, -0.15) is 0 Å². The van der Waals surface area contributed by atoms with Gasteiger partial charge in [-0.3, -0.25) is 0 Å². The molecule has 2 nitrogen and oxygen atoms in total. The Labute approximate surface area is 132 Å². The molecule has 104 valence electrons. The molecule has 0 aliphatic heterocycles. The Kier molecular flexibility index (Phi) is 4.57. The molecule has 0 saturated heterocycles. The molecule has 0 amide bonds. The van der Waals surface area contributed by atoms with Gasteiger partial charge in [-0.05, 0) is 40.2 Å². The summed E-state index contributed by atoms with van der Waals surface area (Å²) in [4.78, 5) is 0.0622. The second-order valence-corrected chi connectivity index (χ2v) is 5.42. The Morgan fingerprint density at radius 2 is 1.95 bits per heavy atom. The van der Waals surface area contributed by atoms with E-state index in [4.69, 9.17) is 34.3 Å². The van der Waals surface area contributed by atoms with Gasteiger partial charge >= 0.3 is 0 Å². The summed E-state index contributed by atoms with van der Waals surface area (Å²) >= 11 is 13.5. The molecule has 2 rings (SSSR count). The molecule has 0 radical (unpaired) electrons. The van der Waals surface area contributed by atoms with Gasteiger partial charge in [0.2, 0.25) is 0 Å². The number of rotatable bonds is 3. The average Bonchev–Trinajstić information content (AvgIpc) is 2.39. The monoisotopic (exact) mass is 377 g/mol. The topological polar surface area (TPSA) is 35.2 Å². The summed E-state index contributed by atoms with van der Waals surface area (Å²) in [6.45, 7) is 0. The number of nitrogens with two attached hydrogens (primary N) is 1.